The Kier molecular flexibility index (Phi) is 5.45. The number of halogens is 4. The lowest BCUT2D eigenvalue weighted by molar-refractivity contribution is -0.170. The molecule has 1 N–H and O–H groups in total. The summed E-state index contributed by atoms with van der Waals surface area (Å²) in [5, 5.41) is 2.35. The van der Waals surface area contributed by atoms with E-state index in [1.807, 2.05) is 0 Å². The second-order valence-electron chi connectivity index (χ2n) is 5.53. The maximum Gasteiger partial charge on any atom is 0.450 e. The smallest absolute Gasteiger partial charge is 0.444 e. The standard InChI is InChI=1S/C14H15ClF3NO3/c1-13(2,3)22-12(21)19-9-5-4-8(10(15)7-9)6-11(20)14(16,17)18/h4-5,7H,6H2,1-3H3,(H,19,21). The predicted molar refractivity (Wildman–Crippen MR) is 76.1 cm³/mol. The first-order valence-electron chi connectivity index (χ1n) is 6.27. The van der Waals surface area contributed by atoms with Gasteiger partial charge in [0.1, 0.15) is 5.60 Å². The van der Waals surface area contributed by atoms with Gasteiger partial charge in [0.25, 0.3) is 0 Å². The molecule has 0 atom stereocenters. The van der Waals surface area contributed by atoms with Gasteiger partial charge in [-0.25, -0.2) is 4.79 Å². The van der Waals surface area contributed by atoms with Crippen LogP contribution in [0.1, 0.15) is 26.3 Å². The number of benzene rings is 1. The normalized spacial score (nSPS) is 12.0. The molecule has 1 aromatic rings. The van der Waals surface area contributed by atoms with Crippen LogP contribution in [-0.4, -0.2) is 23.7 Å². The van der Waals surface area contributed by atoms with Crippen molar-refractivity contribution in [3.8, 4) is 0 Å². The average molecular weight is 338 g/mol. The van der Waals surface area contributed by atoms with E-state index in [4.69, 9.17) is 16.3 Å². The van der Waals surface area contributed by atoms with E-state index in [0.717, 1.165) is 0 Å². The van der Waals surface area contributed by atoms with E-state index in [1.54, 1.807) is 20.8 Å². The number of Topliss-reactive ketones (excluding diaryl/α,β-unsaturated/α-hetero) is 1. The minimum absolute atomic E-state index is 0.0266. The fraction of sp³-hybridized carbons (Fsp3) is 0.429. The van der Waals surface area contributed by atoms with E-state index < -0.39 is 30.1 Å². The maximum atomic E-state index is 12.2. The first-order valence-corrected chi connectivity index (χ1v) is 6.65. The quantitative estimate of drug-likeness (QED) is 0.891. The zero-order chi connectivity index (χ0) is 17.1. The van der Waals surface area contributed by atoms with Crippen molar-refractivity contribution in [2.45, 2.75) is 39.0 Å². The molecule has 0 saturated heterocycles. The molecule has 1 amide bonds. The number of anilines is 1. The molecule has 0 aliphatic heterocycles. The number of carbonyl (C=O) groups is 2. The molecular formula is C14H15ClF3NO3. The number of carbonyl (C=O) groups excluding carboxylic acids is 2. The summed E-state index contributed by atoms with van der Waals surface area (Å²) in [6, 6.07) is 3.85. The van der Waals surface area contributed by atoms with Crippen LogP contribution in [0, 0.1) is 0 Å². The van der Waals surface area contributed by atoms with Crippen molar-refractivity contribution in [2.24, 2.45) is 0 Å². The third-order valence-electron chi connectivity index (χ3n) is 2.37. The van der Waals surface area contributed by atoms with Gasteiger partial charge in [0, 0.05) is 17.1 Å². The Morgan fingerprint density at radius 1 is 1.23 bits per heavy atom. The molecule has 0 heterocycles. The van der Waals surface area contributed by atoms with Crippen molar-refractivity contribution < 1.29 is 27.5 Å². The number of alkyl halides is 3. The summed E-state index contributed by atoms with van der Waals surface area (Å²) in [5.74, 6) is -1.89. The Morgan fingerprint density at radius 3 is 2.27 bits per heavy atom. The Morgan fingerprint density at radius 2 is 1.82 bits per heavy atom. The Bertz CT molecular complexity index is 580. The molecule has 0 aliphatic rings. The van der Waals surface area contributed by atoms with Crippen LogP contribution in [0.25, 0.3) is 0 Å². The third kappa shape index (κ3) is 5.93. The van der Waals surface area contributed by atoms with Gasteiger partial charge in [-0.2, -0.15) is 13.2 Å². The van der Waals surface area contributed by atoms with Crippen molar-refractivity contribution >= 4 is 29.2 Å². The zero-order valence-corrected chi connectivity index (χ0v) is 12.9. The van der Waals surface area contributed by atoms with Crippen LogP contribution in [0.5, 0.6) is 0 Å². The molecule has 0 aliphatic carbocycles. The molecule has 22 heavy (non-hydrogen) atoms. The van der Waals surface area contributed by atoms with Crippen LogP contribution >= 0.6 is 11.6 Å². The highest BCUT2D eigenvalue weighted by atomic mass is 35.5. The summed E-state index contributed by atoms with van der Waals surface area (Å²) in [4.78, 5) is 22.5. The largest absolute Gasteiger partial charge is 0.450 e. The van der Waals surface area contributed by atoms with Crippen LogP contribution in [0.3, 0.4) is 0 Å². The lowest BCUT2D eigenvalue weighted by atomic mass is 10.1. The number of nitrogens with one attached hydrogen (secondary N) is 1. The van der Waals surface area contributed by atoms with Gasteiger partial charge in [-0.15, -0.1) is 0 Å². The molecule has 0 bridgehead atoms. The molecule has 1 rings (SSSR count). The van der Waals surface area contributed by atoms with Crippen molar-refractivity contribution in [1.82, 2.24) is 0 Å². The number of rotatable bonds is 3. The number of hydrogen-bond donors (Lipinski definition) is 1. The average Bonchev–Trinajstić information content (AvgIpc) is 2.28. The van der Waals surface area contributed by atoms with E-state index in [0.29, 0.717) is 0 Å². The molecule has 0 radical (unpaired) electrons. The molecule has 0 spiro atoms. The molecule has 0 unspecified atom stereocenters. The van der Waals surface area contributed by atoms with Gasteiger partial charge in [0.15, 0.2) is 0 Å². The second kappa shape index (κ2) is 6.56. The lowest BCUT2D eigenvalue weighted by Crippen LogP contribution is -2.27. The third-order valence-corrected chi connectivity index (χ3v) is 2.72. The SMILES string of the molecule is CC(C)(C)OC(=O)Nc1ccc(CC(=O)C(F)(F)F)c(Cl)c1. The van der Waals surface area contributed by atoms with E-state index >= 15 is 0 Å². The van der Waals surface area contributed by atoms with Crippen molar-refractivity contribution in [3.63, 3.8) is 0 Å². The first kappa shape index (κ1) is 18.3. The van der Waals surface area contributed by atoms with E-state index in [2.05, 4.69) is 5.32 Å². The zero-order valence-electron chi connectivity index (χ0n) is 12.2. The fourth-order valence-electron chi connectivity index (χ4n) is 1.46. The highest BCUT2D eigenvalue weighted by molar-refractivity contribution is 6.32. The van der Waals surface area contributed by atoms with Crippen molar-refractivity contribution in [2.75, 3.05) is 5.32 Å². The number of amides is 1. The van der Waals surface area contributed by atoms with Gasteiger partial charge in [-0.05, 0) is 38.5 Å². The Balaban J connectivity index is 2.78. The number of hydrogen-bond acceptors (Lipinski definition) is 3. The first-order chi connectivity index (χ1) is 9.88. The second-order valence-corrected chi connectivity index (χ2v) is 5.94. The van der Waals surface area contributed by atoms with Gasteiger partial charge in [-0.3, -0.25) is 10.1 Å². The molecule has 0 fully saturated rings. The molecule has 8 heteroatoms. The van der Waals surface area contributed by atoms with E-state index in [-0.39, 0.29) is 16.3 Å². The lowest BCUT2D eigenvalue weighted by Gasteiger charge is -2.19. The number of ketones is 1. The van der Waals surface area contributed by atoms with Crippen LogP contribution in [0.2, 0.25) is 5.02 Å². The monoisotopic (exact) mass is 337 g/mol. The van der Waals surface area contributed by atoms with Crippen LogP contribution < -0.4 is 5.32 Å². The minimum Gasteiger partial charge on any atom is -0.444 e. The summed E-state index contributed by atoms with van der Waals surface area (Å²) < 4.78 is 41.7. The minimum atomic E-state index is -4.91. The summed E-state index contributed by atoms with van der Waals surface area (Å²) in [6.45, 7) is 5.06. The highest BCUT2D eigenvalue weighted by Gasteiger charge is 2.38. The van der Waals surface area contributed by atoms with Crippen molar-refractivity contribution in [1.29, 1.82) is 0 Å². The molecule has 0 aromatic heterocycles. The fourth-order valence-corrected chi connectivity index (χ4v) is 1.71. The van der Waals surface area contributed by atoms with Crippen LogP contribution in [0.4, 0.5) is 23.7 Å². The van der Waals surface area contributed by atoms with E-state index in [1.165, 1.54) is 18.2 Å². The predicted octanol–water partition coefficient (Wildman–Crippen LogP) is 4.36. The molecular weight excluding hydrogens is 323 g/mol. The van der Waals surface area contributed by atoms with Gasteiger partial charge < -0.3 is 4.74 Å². The summed E-state index contributed by atoms with van der Waals surface area (Å²) in [7, 11) is 0. The molecule has 122 valence electrons. The Hall–Kier alpha value is -1.76. The highest BCUT2D eigenvalue weighted by Crippen LogP contribution is 2.25. The van der Waals surface area contributed by atoms with Gasteiger partial charge >= 0.3 is 12.3 Å². The summed E-state index contributed by atoms with van der Waals surface area (Å²) in [6.07, 6.45) is -6.48. The van der Waals surface area contributed by atoms with Crippen LogP contribution in [-0.2, 0) is 16.0 Å². The van der Waals surface area contributed by atoms with Gasteiger partial charge in [-0.1, -0.05) is 17.7 Å². The number of ether oxygens (including phenoxy) is 1. The summed E-state index contributed by atoms with van der Waals surface area (Å²) >= 11 is 5.83. The van der Waals surface area contributed by atoms with Crippen molar-refractivity contribution in [3.05, 3.63) is 28.8 Å². The molecule has 0 saturated carbocycles. The van der Waals surface area contributed by atoms with Gasteiger partial charge in [0.2, 0.25) is 5.78 Å². The van der Waals surface area contributed by atoms with Gasteiger partial charge in [0.05, 0.1) is 0 Å². The Labute approximate surface area is 130 Å². The maximum absolute atomic E-state index is 12.2. The van der Waals surface area contributed by atoms with Crippen LogP contribution in [0.15, 0.2) is 18.2 Å². The summed E-state index contributed by atoms with van der Waals surface area (Å²) in [5.41, 5.74) is -0.409. The molecule has 4 nitrogen and oxygen atoms in total. The topological polar surface area (TPSA) is 55.4 Å². The molecule has 1 aromatic carbocycles. The van der Waals surface area contributed by atoms with E-state index in [9.17, 15) is 22.8 Å².